The molecule has 0 aromatic heterocycles. The summed E-state index contributed by atoms with van der Waals surface area (Å²) >= 11 is 0. The predicted molar refractivity (Wildman–Crippen MR) is 82.2 cm³/mol. The number of nitrogens with one attached hydrogen (secondary N) is 1. The fraction of sp³-hybridized carbons (Fsp3) is 0.875. The average Bonchev–Trinajstić information content (AvgIpc) is 2.67. The van der Waals surface area contributed by atoms with Gasteiger partial charge in [-0.2, -0.15) is 0 Å². The van der Waals surface area contributed by atoms with E-state index in [4.69, 9.17) is 4.74 Å². The van der Waals surface area contributed by atoms with Gasteiger partial charge < -0.3 is 10.1 Å². The summed E-state index contributed by atoms with van der Waals surface area (Å²) in [6, 6.07) is -0.231. The maximum absolute atomic E-state index is 12.9. The Bertz CT molecular complexity index is 460. The first-order valence-electron chi connectivity index (χ1n) is 8.44. The third-order valence-corrected chi connectivity index (χ3v) is 5.34. The third-order valence-electron chi connectivity index (χ3n) is 5.34. The molecule has 1 saturated carbocycles. The van der Waals surface area contributed by atoms with Crippen LogP contribution in [0.3, 0.4) is 0 Å². The van der Waals surface area contributed by atoms with Crippen LogP contribution in [0.1, 0.15) is 46.5 Å². The summed E-state index contributed by atoms with van der Waals surface area (Å²) in [6.07, 6.45) is 4.19. The fourth-order valence-corrected chi connectivity index (χ4v) is 4.22. The predicted octanol–water partition coefficient (Wildman–Crippen LogP) is 1.55. The quantitative estimate of drug-likeness (QED) is 0.786. The van der Waals surface area contributed by atoms with E-state index in [1.165, 1.54) is 4.90 Å². The highest BCUT2D eigenvalue weighted by Crippen LogP contribution is 2.38. The molecule has 124 valence electrons. The van der Waals surface area contributed by atoms with Gasteiger partial charge in [0.1, 0.15) is 5.54 Å². The molecular weight excluding hydrogens is 282 g/mol. The molecule has 3 rings (SSSR count). The van der Waals surface area contributed by atoms with Crippen molar-refractivity contribution in [1.82, 2.24) is 15.1 Å². The van der Waals surface area contributed by atoms with E-state index < -0.39 is 5.54 Å². The third kappa shape index (κ3) is 2.63. The van der Waals surface area contributed by atoms with E-state index in [0.717, 1.165) is 38.8 Å². The van der Waals surface area contributed by atoms with Crippen molar-refractivity contribution in [3.63, 3.8) is 0 Å². The van der Waals surface area contributed by atoms with Crippen molar-refractivity contribution in [3.05, 3.63) is 0 Å². The molecule has 2 heterocycles. The normalized spacial score (nSPS) is 40.3. The summed E-state index contributed by atoms with van der Waals surface area (Å²) in [4.78, 5) is 28.9. The van der Waals surface area contributed by atoms with Crippen LogP contribution in [0.15, 0.2) is 0 Å². The van der Waals surface area contributed by atoms with Crippen LogP contribution in [-0.2, 0) is 9.53 Å². The fourth-order valence-electron chi connectivity index (χ4n) is 4.22. The molecule has 1 N–H and O–H groups in total. The molecule has 3 amide bonds. The van der Waals surface area contributed by atoms with Crippen LogP contribution in [0.2, 0.25) is 0 Å². The molecule has 0 bridgehead atoms. The van der Waals surface area contributed by atoms with E-state index in [2.05, 4.69) is 17.1 Å². The molecule has 6 heteroatoms. The van der Waals surface area contributed by atoms with E-state index in [1.54, 1.807) is 0 Å². The molecule has 0 aromatic rings. The van der Waals surface area contributed by atoms with Gasteiger partial charge in [0.25, 0.3) is 5.91 Å². The van der Waals surface area contributed by atoms with Crippen molar-refractivity contribution >= 4 is 11.9 Å². The smallest absolute Gasteiger partial charge is 0.326 e. The average molecular weight is 309 g/mol. The molecule has 6 nitrogen and oxygen atoms in total. The number of carbonyl (C=O) groups excluding carboxylic acids is 2. The van der Waals surface area contributed by atoms with E-state index >= 15 is 0 Å². The summed E-state index contributed by atoms with van der Waals surface area (Å²) < 4.78 is 5.72. The maximum Gasteiger partial charge on any atom is 0.326 e. The van der Waals surface area contributed by atoms with Gasteiger partial charge in [0.15, 0.2) is 0 Å². The number of morpholine rings is 1. The zero-order chi connectivity index (χ0) is 15.9. The molecule has 0 aromatic carbocycles. The van der Waals surface area contributed by atoms with Crippen LogP contribution in [0.25, 0.3) is 0 Å². The Morgan fingerprint density at radius 3 is 2.50 bits per heavy atom. The van der Waals surface area contributed by atoms with E-state index in [-0.39, 0.29) is 30.1 Å². The van der Waals surface area contributed by atoms with Crippen molar-refractivity contribution < 1.29 is 14.3 Å². The zero-order valence-corrected chi connectivity index (χ0v) is 13.8. The van der Waals surface area contributed by atoms with Gasteiger partial charge in [0.05, 0.1) is 18.9 Å². The number of hydrogen-bond donors (Lipinski definition) is 1. The van der Waals surface area contributed by atoms with Crippen LogP contribution in [0.5, 0.6) is 0 Å². The second-order valence-corrected chi connectivity index (χ2v) is 7.22. The van der Waals surface area contributed by atoms with Gasteiger partial charge in [-0.3, -0.25) is 9.69 Å². The number of hydrogen-bond acceptors (Lipinski definition) is 4. The van der Waals surface area contributed by atoms with Crippen molar-refractivity contribution in [2.24, 2.45) is 5.92 Å². The highest BCUT2D eigenvalue weighted by Gasteiger charge is 2.55. The Kier molecular flexibility index (Phi) is 4.16. The summed E-state index contributed by atoms with van der Waals surface area (Å²) in [5.41, 5.74) is -0.654. The number of imide groups is 1. The van der Waals surface area contributed by atoms with E-state index in [1.807, 2.05) is 13.8 Å². The molecule has 3 aliphatic rings. The summed E-state index contributed by atoms with van der Waals surface area (Å²) in [6.45, 7) is 8.02. The number of carbonyl (C=O) groups is 2. The Balaban J connectivity index is 1.72. The monoisotopic (exact) mass is 309 g/mol. The molecule has 1 spiro atoms. The van der Waals surface area contributed by atoms with Gasteiger partial charge in [-0.25, -0.2) is 9.69 Å². The SMILES string of the molecule is CC1CN(CN2C(=O)NC3(CCCCC3C)C2=O)CC(C)O1. The van der Waals surface area contributed by atoms with Crippen LogP contribution in [-0.4, -0.2) is 59.2 Å². The van der Waals surface area contributed by atoms with Crippen molar-refractivity contribution in [1.29, 1.82) is 0 Å². The van der Waals surface area contributed by atoms with Crippen molar-refractivity contribution in [2.75, 3.05) is 19.8 Å². The molecule has 3 fully saturated rings. The minimum atomic E-state index is -0.654. The number of ether oxygens (including phenoxy) is 1. The molecule has 4 unspecified atom stereocenters. The topological polar surface area (TPSA) is 61.9 Å². The van der Waals surface area contributed by atoms with Gasteiger partial charge >= 0.3 is 6.03 Å². The van der Waals surface area contributed by atoms with Crippen molar-refractivity contribution in [2.45, 2.75) is 64.2 Å². The second-order valence-electron chi connectivity index (χ2n) is 7.22. The summed E-state index contributed by atoms with van der Waals surface area (Å²) in [7, 11) is 0. The lowest BCUT2D eigenvalue weighted by Crippen LogP contribution is -2.55. The summed E-state index contributed by atoms with van der Waals surface area (Å²) in [5, 5.41) is 3.01. The standard InChI is InChI=1S/C16H27N3O3/c1-11-6-4-5-7-16(11)14(20)19(15(21)17-16)10-18-8-12(2)22-13(3)9-18/h11-13H,4-10H2,1-3H3,(H,17,21). The molecule has 22 heavy (non-hydrogen) atoms. The number of nitrogens with zero attached hydrogens (tertiary/aromatic N) is 2. The summed E-state index contributed by atoms with van der Waals surface area (Å²) in [5.74, 6) is 0.182. The Labute approximate surface area is 132 Å². The molecular formula is C16H27N3O3. The maximum atomic E-state index is 12.9. The first-order valence-corrected chi connectivity index (χ1v) is 8.44. The Morgan fingerprint density at radius 2 is 1.86 bits per heavy atom. The van der Waals surface area contributed by atoms with Gasteiger partial charge in [-0.15, -0.1) is 0 Å². The first-order chi connectivity index (χ1) is 10.4. The number of amides is 3. The zero-order valence-electron chi connectivity index (χ0n) is 13.8. The van der Waals surface area contributed by atoms with Gasteiger partial charge in [-0.1, -0.05) is 19.8 Å². The largest absolute Gasteiger partial charge is 0.373 e. The van der Waals surface area contributed by atoms with E-state index in [0.29, 0.717) is 6.67 Å². The molecule has 2 saturated heterocycles. The lowest BCUT2D eigenvalue weighted by Gasteiger charge is -2.38. The molecule has 4 atom stereocenters. The lowest BCUT2D eigenvalue weighted by molar-refractivity contribution is -0.138. The molecule has 1 aliphatic carbocycles. The van der Waals surface area contributed by atoms with Gasteiger partial charge in [0.2, 0.25) is 0 Å². The minimum absolute atomic E-state index is 0.0310. The first kappa shape index (κ1) is 15.7. The van der Waals surface area contributed by atoms with Crippen molar-refractivity contribution in [3.8, 4) is 0 Å². The Morgan fingerprint density at radius 1 is 1.18 bits per heavy atom. The van der Waals surface area contributed by atoms with Crippen LogP contribution < -0.4 is 5.32 Å². The second kappa shape index (κ2) is 5.81. The van der Waals surface area contributed by atoms with Crippen LogP contribution in [0, 0.1) is 5.92 Å². The van der Waals surface area contributed by atoms with Crippen LogP contribution >= 0.6 is 0 Å². The lowest BCUT2D eigenvalue weighted by atomic mass is 9.73. The number of rotatable bonds is 2. The van der Waals surface area contributed by atoms with Gasteiger partial charge in [0, 0.05) is 13.1 Å². The molecule has 0 radical (unpaired) electrons. The Hall–Kier alpha value is -1.14. The number of urea groups is 1. The molecule has 2 aliphatic heterocycles. The highest BCUT2D eigenvalue weighted by molar-refractivity contribution is 6.07. The van der Waals surface area contributed by atoms with Crippen LogP contribution in [0.4, 0.5) is 4.79 Å². The van der Waals surface area contributed by atoms with Gasteiger partial charge in [-0.05, 0) is 32.6 Å². The highest BCUT2D eigenvalue weighted by atomic mass is 16.5. The van der Waals surface area contributed by atoms with E-state index in [9.17, 15) is 9.59 Å². The minimum Gasteiger partial charge on any atom is -0.373 e.